The maximum atomic E-state index is 12.9. The van der Waals surface area contributed by atoms with Crippen molar-refractivity contribution in [2.24, 2.45) is 0 Å². The van der Waals surface area contributed by atoms with E-state index in [2.05, 4.69) is 4.72 Å². The number of methoxy groups -OCH3 is 1. The molecule has 0 saturated carbocycles. The van der Waals surface area contributed by atoms with E-state index in [1.807, 2.05) is 12.1 Å². The highest BCUT2D eigenvalue weighted by Crippen LogP contribution is 2.31. The zero-order valence-corrected chi connectivity index (χ0v) is 17.9. The van der Waals surface area contributed by atoms with Gasteiger partial charge in [0.2, 0.25) is 10.0 Å². The Labute approximate surface area is 180 Å². The van der Waals surface area contributed by atoms with E-state index < -0.39 is 16.1 Å². The number of nitrogens with zero attached hydrogens (tertiary/aromatic N) is 1. The molecule has 2 heterocycles. The lowest BCUT2D eigenvalue weighted by atomic mass is 10.1. The molecule has 0 spiro atoms. The number of nitrogens with one attached hydrogen (secondary N) is 1. The number of fused-ring (bicyclic) bond motifs is 1. The standard InChI is InChI=1S/C21H24N2O7S/c1-27-18-7-6-16(12-17(18)21(24)23-8-10-28-11-9-23)31(25,26)22-13-15-14-29-19-4-2-3-5-20(19)30-15/h2-7,12,15,22H,8-11,13-14H2,1H3/t15-/m1/s1. The van der Waals surface area contributed by atoms with Crippen LogP contribution in [0, 0.1) is 0 Å². The van der Waals surface area contributed by atoms with Crippen LogP contribution in [0.25, 0.3) is 0 Å². The molecule has 4 rings (SSSR count). The summed E-state index contributed by atoms with van der Waals surface area (Å²) in [5.74, 6) is 1.22. The predicted octanol–water partition coefficient (Wildman–Crippen LogP) is 1.29. The lowest BCUT2D eigenvalue weighted by Crippen LogP contribution is -2.41. The summed E-state index contributed by atoms with van der Waals surface area (Å²) in [6.45, 7) is 2.02. The van der Waals surface area contributed by atoms with Crippen molar-refractivity contribution < 1.29 is 32.2 Å². The lowest BCUT2D eigenvalue weighted by Gasteiger charge is -2.27. The van der Waals surface area contributed by atoms with Crippen LogP contribution in [0.5, 0.6) is 17.2 Å². The molecule has 1 saturated heterocycles. The van der Waals surface area contributed by atoms with Crippen LogP contribution in [0.2, 0.25) is 0 Å². The highest BCUT2D eigenvalue weighted by molar-refractivity contribution is 7.89. The average molecular weight is 448 g/mol. The maximum absolute atomic E-state index is 12.9. The van der Waals surface area contributed by atoms with Crippen LogP contribution in [-0.2, 0) is 14.8 Å². The molecule has 2 aromatic rings. The summed E-state index contributed by atoms with van der Waals surface area (Å²) in [5, 5.41) is 0. The molecule has 0 bridgehead atoms. The summed E-state index contributed by atoms with van der Waals surface area (Å²) in [6.07, 6.45) is -0.475. The molecular formula is C21H24N2O7S. The fraction of sp³-hybridized carbons (Fsp3) is 0.381. The smallest absolute Gasteiger partial charge is 0.257 e. The Hall–Kier alpha value is -2.82. The van der Waals surface area contributed by atoms with Gasteiger partial charge >= 0.3 is 0 Å². The normalized spacial score (nSPS) is 18.5. The second-order valence-corrected chi connectivity index (χ2v) is 8.88. The second-order valence-electron chi connectivity index (χ2n) is 7.12. The number of morpholine rings is 1. The Bertz CT molecular complexity index is 1050. The topological polar surface area (TPSA) is 103 Å². The first-order valence-corrected chi connectivity index (χ1v) is 11.4. The van der Waals surface area contributed by atoms with Gasteiger partial charge in [0.25, 0.3) is 5.91 Å². The molecule has 0 radical (unpaired) electrons. The molecule has 1 atom stereocenters. The molecule has 2 aromatic carbocycles. The molecule has 0 unspecified atom stereocenters. The molecule has 2 aliphatic heterocycles. The van der Waals surface area contributed by atoms with Gasteiger partial charge < -0.3 is 23.8 Å². The van der Waals surface area contributed by atoms with Crippen molar-refractivity contribution in [2.45, 2.75) is 11.0 Å². The number of benzene rings is 2. The largest absolute Gasteiger partial charge is 0.496 e. The van der Waals surface area contributed by atoms with E-state index in [1.54, 1.807) is 17.0 Å². The van der Waals surface area contributed by atoms with Crippen molar-refractivity contribution in [3.05, 3.63) is 48.0 Å². The quantitative estimate of drug-likeness (QED) is 0.710. The van der Waals surface area contributed by atoms with E-state index in [4.69, 9.17) is 18.9 Å². The number of para-hydroxylation sites is 2. The summed E-state index contributed by atoms with van der Waals surface area (Å²) in [6, 6.07) is 11.4. The van der Waals surface area contributed by atoms with Gasteiger partial charge in [-0.15, -0.1) is 0 Å². The van der Waals surface area contributed by atoms with Crippen molar-refractivity contribution in [3.8, 4) is 17.2 Å². The Morgan fingerprint density at radius 1 is 1.16 bits per heavy atom. The van der Waals surface area contributed by atoms with Crippen LogP contribution in [0.1, 0.15) is 10.4 Å². The molecule has 1 fully saturated rings. The third kappa shape index (κ3) is 4.76. The molecule has 0 aliphatic carbocycles. The minimum Gasteiger partial charge on any atom is -0.496 e. The number of amides is 1. The lowest BCUT2D eigenvalue weighted by molar-refractivity contribution is 0.0300. The minimum absolute atomic E-state index is 0.0233. The molecule has 9 nitrogen and oxygen atoms in total. The van der Waals surface area contributed by atoms with Gasteiger partial charge in [0.15, 0.2) is 11.5 Å². The van der Waals surface area contributed by atoms with E-state index in [0.29, 0.717) is 43.6 Å². The number of rotatable bonds is 6. The number of sulfonamides is 1. The maximum Gasteiger partial charge on any atom is 0.257 e. The van der Waals surface area contributed by atoms with Gasteiger partial charge in [0.1, 0.15) is 18.5 Å². The zero-order valence-electron chi connectivity index (χ0n) is 17.1. The minimum atomic E-state index is -3.89. The summed E-state index contributed by atoms with van der Waals surface area (Å²) >= 11 is 0. The van der Waals surface area contributed by atoms with Crippen molar-refractivity contribution in [3.63, 3.8) is 0 Å². The third-order valence-corrected chi connectivity index (χ3v) is 6.50. The summed E-state index contributed by atoms with van der Waals surface area (Å²) in [7, 11) is -2.44. The van der Waals surface area contributed by atoms with Crippen LogP contribution in [0.15, 0.2) is 47.4 Å². The van der Waals surface area contributed by atoms with Crippen LogP contribution in [0.3, 0.4) is 0 Å². The first-order valence-electron chi connectivity index (χ1n) is 9.91. The summed E-state index contributed by atoms with van der Waals surface area (Å²) < 4.78 is 50.3. The Kier molecular flexibility index (Phi) is 6.30. The van der Waals surface area contributed by atoms with E-state index in [9.17, 15) is 13.2 Å². The molecular weight excluding hydrogens is 424 g/mol. The molecule has 1 amide bonds. The van der Waals surface area contributed by atoms with E-state index in [0.717, 1.165) is 0 Å². The number of ether oxygens (including phenoxy) is 4. The van der Waals surface area contributed by atoms with Crippen LogP contribution >= 0.6 is 0 Å². The summed E-state index contributed by atoms with van der Waals surface area (Å²) in [5.41, 5.74) is 0.193. The number of hydrogen-bond donors (Lipinski definition) is 1. The van der Waals surface area contributed by atoms with Crippen LogP contribution < -0.4 is 18.9 Å². The second kappa shape index (κ2) is 9.13. The molecule has 10 heteroatoms. The highest BCUT2D eigenvalue weighted by Gasteiger charge is 2.26. The van der Waals surface area contributed by atoms with Crippen molar-refractivity contribution in [1.82, 2.24) is 9.62 Å². The monoisotopic (exact) mass is 448 g/mol. The van der Waals surface area contributed by atoms with Gasteiger partial charge in [-0.1, -0.05) is 12.1 Å². The molecule has 1 N–H and O–H groups in total. The van der Waals surface area contributed by atoms with Gasteiger partial charge in [-0.3, -0.25) is 4.79 Å². The Morgan fingerprint density at radius 3 is 2.65 bits per heavy atom. The van der Waals surface area contributed by atoms with Crippen molar-refractivity contribution >= 4 is 15.9 Å². The van der Waals surface area contributed by atoms with Gasteiger partial charge in [-0.25, -0.2) is 13.1 Å². The summed E-state index contributed by atoms with van der Waals surface area (Å²) in [4.78, 5) is 14.5. The van der Waals surface area contributed by atoms with E-state index >= 15 is 0 Å². The molecule has 0 aromatic heterocycles. The van der Waals surface area contributed by atoms with E-state index in [-0.39, 0.29) is 29.5 Å². The van der Waals surface area contributed by atoms with Crippen molar-refractivity contribution in [1.29, 1.82) is 0 Å². The molecule has 166 valence electrons. The predicted molar refractivity (Wildman–Crippen MR) is 111 cm³/mol. The van der Waals surface area contributed by atoms with Crippen LogP contribution in [0.4, 0.5) is 0 Å². The Balaban J connectivity index is 1.48. The fourth-order valence-corrected chi connectivity index (χ4v) is 4.50. The van der Waals surface area contributed by atoms with Gasteiger partial charge in [-0.2, -0.15) is 0 Å². The SMILES string of the molecule is COc1ccc(S(=O)(=O)NC[C@@H]2COc3ccccc3O2)cc1C(=O)N1CCOCC1. The van der Waals surface area contributed by atoms with Gasteiger partial charge in [0, 0.05) is 13.1 Å². The molecule has 2 aliphatic rings. The average Bonchev–Trinajstić information content (AvgIpc) is 2.82. The zero-order chi connectivity index (χ0) is 21.8. The highest BCUT2D eigenvalue weighted by atomic mass is 32.2. The van der Waals surface area contributed by atoms with Gasteiger partial charge in [-0.05, 0) is 30.3 Å². The molecule has 31 heavy (non-hydrogen) atoms. The number of hydrogen-bond acceptors (Lipinski definition) is 7. The van der Waals surface area contributed by atoms with Crippen molar-refractivity contribution in [2.75, 3.05) is 46.6 Å². The first kappa shape index (κ1) is 21.4. The first-order chi connectivity index (χ1) is 15.0. The Morgan fingerprint density at radius 2 is 1.90 bits per heavy atom. The number of carbonyl (C=O) groups is 1. The number of carbonyl (C=O) groups excluding carboxylic acids is 1. The third-order valence-electron chi connectivity index (χ3n) is 5.08. The van der Waals surface area contributed by atoms with E-state index in [1.165, 1.54) is 25.3 Å². The fourth-order valence-electron chi connectivity index (χ4n) is 3.41. The van der Waals surface area contributed by atoms with Crippen LogP contribution in [-0.4, -0.2) is 71.9 Å². The van der Waals surface area contributed by atoms with Gasteiger partial charge in [0.05, 0.1) is 37.3 Å².